The van der Waals surface area contributed by atoms with Gasteiger partial charge in [-0.2, -0.15) is 11.8 Å². The van der Waals surface area contributed by atoms with Gasteiger partial charge in [-0.3, -0.25) is 4.79 Å². The van der Waals surface area contributed by atoms with Gasteiger partial charge in [0.05, 0.1) is 5.41 Å². The Morgan fingerprint density at radius 1 is 1.47 bits per heavy atom. The normalized spacial score (nSPS) is 25.3. The Morgan fingerprint density at radius 2 is 2.24 bits per heavy atom. The monoisotopic (exact) mass is 259 g/mol. The van der Waals surface area contributed by atoms with E-state index in [1.165, 1.54) is 17.9 Å². The number of nitrogens with zero attached hydrogens (tertiary/aromatic N) is 1. The summed E-state index contributed by atoms with van der Waals surface area (Å²) in [5.41, 5.74) is -0.452. The summed E-state index contributed by atoms with van der Waals surface area (Å²) in [7, 11) is 0. The second kappa shape index (κ2) is 7.27. The molecule has 0 radical (unpaired) electrons. The van der Waals surface area contributed by atoms with Crippen LogP contribution in [-0.2, 0) is 4.79 Å². The van der Waals surface area contributed by atoms with Crippen LogP contribution in [0, 0.1) is 5.41 Å². The van der Waals surface area contributed by atoms with E-state index in [1.807, 2.05) is 11.8 Å². The summed E-state index contributed by atoms with van der Waals surface area (Å²) in [6.45, 7) is 7.03. The van der Waals surface area contributed by atoms with E-state index in [2.05, 4.69) is 18.7 Å². The number of aliphatic carboxylic acids is 1. The van der Waals surface area contributed by atoms with Crippen molar-refractivity contribution < 1.29 is 9.90 Å². The molecule has 1 atom stereocenters. The zero-order chi connectivity index (χ0) is 12.7. The average molecular weight is 259 g/mol. The van der Waals surface area contributed by atoms with Crippen molar-refractivity contribution in [2.45, 2.75) is 39.5 Å². The summed E-state index contributed by atoms with van der Waals surface area (Å²) >= 11 is 1.96. The SMILES string of the molecule is CCCC1(C(=O)O)CCN(CCCSCC)C1. The summed E-state index contributed by atoms with van der Waals surface area (Å²) in [6.07, 6.45) is 3.80. The first-order chi connectivity index (χ1) is 8.14. The molecule has 1 rings (SSSR count). The van der Waals surface area contributed by atoms with Gasteiger partial charge in [-0.15, -0.1) is 0 Å². The molecule has 3 nitrogen and oxygen atoms in total. The van der Waals surface area contributed by atoms with Crippen molar-refractivity contribution in [2.75, 3.05) is 31.1 Å². The summed E-state index contributed by atoms with van der Waals surface area (Å²) in [4.78, 5) is 13.7. The fourth-order valence-corrected chi connectivity index (χ4v) is 3.27. The van der Waals surface area contributed by atoms with E-state index in [0.29, 0.717) is 0 Å². The number of hydrogen-bond acceptors (Lipinski definition) is 3. The highest BCUT2D eigenvalue weighted by Gasteiger charge is 2.43. The molecule has 100 valence electrons. The lowest BCUT2D eigenvalue weighted by Crippen LogP contribution is -2.35. The van der Waals surface area contributed by atoms with Crippen molar-refractivity contribution in [1.29, 1.82) is 0 Å². The van der Waals surface area contributed by atoms with Gasteiger partial charge in [0.1, 0.15) is 0 Å². The molecule has 0 aliphatic carbocycles. The Kier molecular flexibility index (Phi) is 6.34. The first kappa shape index (κ1) is 14.8. The van der Waals surface area contributed by atoms with E-state index in [9.17, 15) is 9.90 Å². The van der Waals surface area contributed by atoms with E-state index >= 15 is 0 Å². The molecule has 17 heavy (non-hydrogen) atoms. The standard InChI is InChI=1S/C13H25NO2S/c1-3-6-13(12(15)16)7-9-14(11-13)8-5-10-17-4-2/h3-11H2,1-2H3,(H,15,16). The molecule has 0 aromatic carbocycles. The highest BCUT2D eigenvalue weighted by molar-refractivity contribution is 7.99. The molecule has 0 saturated carbocycles. The predicted octanol–water partition coefficient (Wildman–Crippen LogP) is 2.71. The second-order valence-electron chi connectivity index (χ2n) is 4.91. The zero-order valence-electron chi connectivity index (χ0n) is 11.1. The lowest BCUT2D eigenvalue weighted by atomic mass is 9.83. The van der Waals surface area contributed by atoms with E-state index in [4.69, 9.17) is 0 Å². The molecule has 0 bridgehead atoms. The third kappa shape index (κ3) is 4.18. The van der Waals surface area contributed by atoms with Gasteiger partial charge in [0.15, 0.2) is 0 Å². The van der Waals surface area contributed by atoms with Crippen LogP contribution in [0.3, 0.4) is 0 Å². The summed E-state index contributed by atoms with van der Waals surface area (Å²) in [6, 6.07) is 0. The van der Waals surface area contributed by atoms with Gasteiger partial charge in [-0.05, 0) is 43.9 Å². The Morgan fingerprint density at radius 3 is 2.82 bits per heavy atom. The van der Waals surface area contributed by atoms with Crippen LogP contribution in [0.4, 0.5) is 0 Å². The largest absolute Gasteiger partial charge is 0.481 e. The van der Waals surface area contributed by atoms with Gasteiger partial charge in [0.2, 0.25) is 0 Å². The van der Waals surface area contributed by atoms with Crippen molar-refractivity contribution in [2.24, 2.45) is 5.41 Å². The molecule has 1 fully saturated rings. The number of likely N-dealkylation sites (tertiary alicyclic amines) is 1. The van der Waals surface area contributed by atoms with Crippen molar-refractivity contribution in [1.82, 2.24) is 4.90 Å². The molecule has 4 heteroatoms. The van der Waals surface area contributed by atoms with Crippen LogP contribution in [0.15, 0.2) is 0 Å². The van der Waals surface area contributed by atoms with Crippen LogP contribution >= 0.6 is 11.8 Å². The van der Waals surface area contributed by atoms with Crippen LogP contribution in [0.25, 0.3) is 0 Å². The molecule has 1 N–H and O–H groups in total. The number of rotatable bonds is 8. The molecule has 0 amide bonds. The average Bonchev–Trinajstić information content (AvgIpc) is 2.70. The molecular formula is C13H25NO2S. The number of carbonyl (C=O) groups is 1. The molecule has 1 heterocycles. The van der Waals surface area contributed by atoms with E-state index in [1.54, 1.807) is 0 Å². The van der Waals surface area contributed by atoms with Crippen LogP contribution in [0.1, 0.15) is 39.5 Å². The van der Waals surface area contributed by atoms with Gasteiger partial charge in [0, 0.05) is 6.54 Å². The Bertz CT molecular complexity index is 248. The van der Waals surface area contributed by atoms with Crippen molar-refractivity contribution in [3.63, 3.8) is 0 Å². The molecule has 0 spiro atoms. The maximum atomic E-state index is 11.4. The highest BCUT2D eigenvalue weighted by atomic mass is 32.2. The van der Waals surface area contributed by atoms with Gasteiger partial charge in [-0.25, -0.2) is 0 Å². The lowest BCUT2D eigenvalue weighted by Gasteiger charge is -2.24. The van der Waals surface area contributed by atoms with Gasteiger partial charge in [-0.1, -0.05) is 20.3 Å². The summed E-state index contributed by atoms with van der Waals surface area (Å²) in [5, 5.41) is 9.39. The molecule has 1 aliphatic heterocycles. The molecular weight excluding hydrogens is 234 g/mol. The van der Waals surface area contributed by atoms with Crippen LogP contribution in [-0.4, -0.2) is 47.1 Å². The Hall–Kier alpha value is -0.220. The molecule has 1 unspecified atom stereocenters. The Labute approximate surface area is 109 Å². The lowest BCUT2D eigenvalue weighted by molar-refractivity contribution is -0.148. The third-order valence-electron chi connectivity index (χ3n) is 3.58. The maximum absolute atomic E-state index is 11.4. The summed E-state index contributed by atoms with van der Waals surface area (Å²) < 4.78 is 0. The molecule has 0 aromatic rings. The number of carboxylic acids is 1. The second-order valence-corrected chi connectivity index (χ2v) is 6.31. The zero-order valence-corrected chi connectivity index (χ0v) is 11.9. The fourth-order valence-electron chi connectivity index (χ4n) is 2.65. The number of hydrogen-bond donors (Lipinski definition) is 1. The quantitative estimate of drug-likeness (QED) is 0.680. The van der Waals surface area contributed by atoms with E-state index < -0.39 is 11.4 Å². The summed E-state index contributed by atoms with van der Waals surface area (Å²) in [5.74, 6) is 1.78. The maximum Gasteiger partial charge on any atom is 0.310 e. The molecule has 1 aliphatic rings. The Balaban J connectivity index is 2.35. The van der Waals surface area contributed by atoms with Crippen molar-refractivity contribution in [3.8, 4) is 0 Å². The van der Waals surface area contributed by atoms with Gasteiger partial charge >= 0.3 is 5.97 Å². The third-order valence-corrected chi connectivity index (χ3v) is 4.57. The first-order valence-electron chi connectivity index (χ1n) is 6.68. The first-order valence-corrected chi connectivity index (χ1v) is 7.83. The van der Waals surface area contributed by atoms with Crippen LogP contribution in [0.5, 0.6) is 0 Å². The van der Waals surface area contributed by atoms with E-state index in [-0.39, 0.29) is 0 Å². The van der Waals surface area contributed by atoms with Crippen molar-refractivity contribution >= 4 is 17.7 Å². The number of carboxylic acid groups (broad SMARTS) is 1. The van der Waals surface area contributed by atoms with Crippen LogP contribution in [0.2, 0.25) is 0 Å². The number of thioether (sulfide) groups is 1. The highest BCUT2D eigenvalue weighted by Crippen LogP contribution is 2.35. The minimum absolute atomic E-state index is 0.452. The minimum Gasteiger partial charge on any atom is -0.481 e. The van der Waals surface area contributed by atoms with Crippen molar-refractivity contribution in [3.05, 3.63) is 0 Å². The molecule has 1 saturated heterocycles. The topological polar surface area (TPSA) is 40.5 Å². The van der Waals surface area contributed by atoms with Gasteiger partial charge < -0.3 is 10.0 Å². The predicted molar refractivity (Wildman–Crippen MR) is 73.6 cm³/mol. The van der Waals surface area contributed by atoms with Gasteiger partial charge in [0.25, 0.3) is 0 Å². The minimum atomic E-state index is -0.593. The smallest absolute Gasteiger partial charge is 0.310 e. The molecule has 0 aromatic heterocycles. The van der Waals surface area contributed by atoms with Crippen LogP contribution < -0.4 is 0 Å². The van der Waals surface area contributed by atoms with E-state index in [0.717, 1.165) is 38.9 Å². The fraction of sp³-hybridized carbons (Fsp3) is 0.923.